The molecule has 0 aliphatic heterocycles. The van der Waals surface area contributed by atoms with Crippen LogP contribution in [0.4, 0.5) is 0 Å². The Hall–Kier alpha value is -1.24. The van der Waals surface area contributed by atoms with Crippen LogP contribution in [0.3, 0.4) is 0 Å². The van der Waals surface area contributed by atoms with E-state index in [1.165, 1.54) is 18.4 Å². The molecule has 0 bridgehead atoms. The maximum Gasteiger partial charge on any atom is 0.119 e. The number of aryl methyl sites for hydroxylation is 1. The summed E-state index contributed by atoms with van der Waals surface area (Å²) in [5.74, 6) is 0.442. The predicted octanol–water partition coefficient (Wildman–Crippen LogP) is 4.38. The van der Waals surface area contributed by atoms with Crippen molar-refractivity contribution >= 4 is 0 Å². The third kappa shape index (κ3) is 4.09. The van der Waals surface area contributed by atoms with Gasteiger partial charge in [-0.05, 0) is 49.8 Å². The molecule has 0 radical (unpaired) electrons. The SMILES string of the molecule is CCCC=CCCCc1c(C)cccc1O. The van der Waals surface area contributed by atoms with Gasteiger partial charge < -0.3 is 5.11 Å². The van der Waals surface area contributed by atoms with Crippen LogP contribution in [0.25, 0.3) is 0 Å². The third-order valence-electron chi connectivity index (χ3n) is 2.81. The predicted molar refractivity (Wildman–Crippen MR) is 69.8 cm³/mol. The molecule has 0 spiro atoms. The summed E-state index contributed by atoms with van der Waals surface area (Å²) in [6.45, 7) is 4.25. The lowest BCUT2D eigenvalue weighted by Gasteiger charge is -2.06. The highest BCUT2D eigenvalue weighted by Crippen LogP contribution is 2.22. The van der Waals surface area contributed by atoms with Crippen LogP contribution in [0, 0.1) is 6.92 Å². The lowest BCUT2D eigenvalue weighted by molar-refractivity contribution is 0.466. The van der Waals surface area contributed by atoms with Gasteiger partial charge in [0.15, 0.2) is 0 Å². The third-order valence-corrected chi connectivity index (χ3v) is 2.81. The molecule has 1 aromatic rings. The maximum atomic E-state index is 9.71. The highest BCUT2D eigenvalue weighted by molar-refractivity contribution is 5.38. The van der Waals surface area contributed by atoms with E-state index in [2.05, 4.69) is 32.1 Å². The number of allylic oxidation sites excluding steroid dienone is 2. The van der Waals surface area contributed by atoms with Gasteiger partial charge in [-0.3, -0.25) is 0 Å². The molecule has 1 nitrogen and oxygen atoms in total. The van der Waals surface area contributed by atoms with Crippen molar-refractivity contribution in [3.8, 4) is 5.75 Å². The number of benzene rings is 1. The summed E-state index contributed by atoms with van der Waals surface area (Å²) in [6.07, 6.45) is 10.1. The monoisotopic (exact) mass is 218 g/mol. The lowest BCUT2D eigenvalue weighted by atomic mass is 10.0. The molecular weight excluding hydrogens is 196 g/mol. The van der Waals surface area contributed by atoms with E-state index in [-0.39, 0.29) is 0 Å². The first-order valence-corrected chi connectivity index (χ1v) is 6.18. The van der Waals surface area contributed by atoms with Crippen LogP contribution in [0.2, 0.25) is 0 Å². The minimum absolute atomic E-state index is 0.442. The van der Waals surface area contributed by atoms with Crippen molar-refractivity contribution in [3.05, 3.63) is 41.5 Å². The summed E-state index contributed by atoms with van der Waals surface area (Å²) >= 11 is 0. The van der Waals surface area contributed by atoms with Crippen LogP contribution in [0.5, 0.6) is 5.75 Å². The molecule has 0 atom stereocenters. The van der Waals surface area contributed by atoms with Crippen LogP contribution < -0.4 is 0 Å². The Morgan fingerprint density at radius 2 is 1.94 bits per heavy atom. The normalized spacial score (nSPS) is 11.1. The van der Waals surface area contributed by atoms with Crippen molar-refractivity contribution in [2.45, 2.75) is 46.0 Å². The number of hydrogen-bond donors (Lipinski definition) is 1. The Labute approximate surface area is 98.8 Å². The van der Waals surface area contributed by atoms with Crippen molar-refractivity contribution in [2.75, 3.05) is 0 Å². The van der Waals surface area contributed by atoms with Crippen LogP contribution >= 0.6 is 0 Å². The molecule has 1 aromatic carbocycles. The number of hydrogen-bond acceptors (Lipinski definition) is 1. The van der Waals surface area contributed by atoms with Gasteiger partial charge in [0.2, 0.25) is 0 Å². The second-order valence-corrected chi connectivity index (χ2v) is 4.22. The fraction of sp³-hybridized carbons (Fsp3) is 0.467. The first-order chi connectivity index (χ1) is 7.75. The number of phenolic OH excluding ortho intramolecular Hbond substituents is 1. The van der Waals surface area contributed by atoms with E-state index in [1.807, 2.05) is 6.07 Å². The summed E-state index contributed by atoms with van der Waals surface area (Å²) in [4.78, 5) is 0. The van der Waals surface area contributed by atoms with Crippen LogP contribution in [-0.4, -0.2) is 5.11 Å². The molecule has 88 valence electrons. The van der Waals surface area contributed by atoms with Crippen LogP contribution in [-0.2, 0) is 6.42 Å². The quantitative estimate of drug-likeness (QED) is 0.555. The molecule has 0 unspecified atom stereocenters. The van der Waals surface area contributed by atoms with E-state index < -0.39 is 0 Å². The average molecular weight is 218 g/mol. The van der Waals surface area contributed by atoms with Crippen LogP contribution in [0.1, 0.15) is 43.7 Å². The van der Waals surface area contributed by atoms with E-state index in [0.717, 1.165) is 24.8 Å². The summed E-state index contributed by atoms with van der Waals surface area (Å²) < 4.78 is 0. The fourth-order valence-corrected chi connectivity index (χ4v) is 1.81. The molecule has 16 heavy (non-hydrogen) atoms. The molecule has 1 heteroatoms. The minimum atomic E-state index is 0.442. The van der Waals surface area contributed by atoms with E-state index in [1.54, 1.807) is 6.07 Å². The second-order valence-electron chi connectivity index (χ2n) is 4.22. The second kappa shape index (κ2) is 7.10. The summed E-state index contributed by atoms with van der Waals surface area (Å²) in [7, 11) is 0. The van der Waals surface area contributed by atoms with Gasteiger partial charge in [-0.1, -0.05) is 37.6 Å². The number of aromatic hydroxyl groups is 1. The van der Waals surface area contributed by atoms with Gasteiger partial charge in [0.25, 0.3) is 0 Å². The smallest absolute Gasteiger partial charge is 0.119 e. The first-order valence-electron chi connectivity index (χ1n) is 6.18. The molecule has 0 saturated carbocycles. The molecule has 0 fully saturated rings. The molecule has 0 aliphatic rings. The van der Waals surface area contributed by atoms with Gasteiger partial charge >= 0.3 is 0 Å². The fourth-order valence-electron chi connectivity index (χ4n) is 1.81. The minimum Gasteiger partial charge on any atom is -0.508 e. The Kier molecular flexibility index (Phi) is 5.69. The lowest BCUT2D eigenvalue weighted by Crippen LogP contribution is -1.90. The number of unbranched alkanes of at least 4 members (excludes halogenated alkanes) is 2. The maximum absolute atomic E-state index is 9.71. The largest absolute Gasteiger partial charge is 0.508 e. The van der Waals surface area contributed by atoms with Crippen molar-refractivity contribution in [1.29, 1.82) is 0 Å². The van der Waals surface area contributed by atoms with Gasteiger partial charge in [-0.2, -0.15) is 0 Å². The summed E-state index contributed by atoms with van der Waals surface area (Å²) in [6, 6.07) is 5.73. The Morgan fingerprint density at radius 3 is 2.62 bits per heavy atom. The molecule has 0 amide bonds. The molecular formula is C15H22O. The molecule has 1 rings (SSSR count). The van der Waals surface area contributed by atoms with E-state index >= 15 is 0 Å². The molecule has 0 aromatic heterocycles. The first kappa shape index (κ1) is 12.8. The average Bonchev–Trinajstić information content (AvgIpc) is 2.26. The Morgan fingerprint density at radius 1 is 1.19 bits per heavy atom. The van der Waals surface area contributed by atoms with Gasteiger partial charge in [-0.15, -0.1) is 0 Å². The molecule has 0 saturated heterocycles. The van der Waals surface area contributed by atoms with Gasteiger partial charge in [0.1, 0.15) is 5.75 Å². The Balaban J connectivity index is 2.37. The van der Waals surface area contributed by atoms with Gasteiger partial charge in [0, 0.05) is 0 Å². The molecule has 0 heterocycles. The molecule has 1 N–H and O–H groups in total. The summed E-state index contributed by atoms with van der Waals surface area (Å²) in [5.41, 5.74) is 2.30. The topological polar surface area (TPSA) is 20.2 Å². The van der Waals surface area contributed by atoms with Crippen LogP contribution in [0.15, 0.2) is 30.4 Å². The van der Waals surface area contributed by atoms with E-state index in [9.17, 15) is 5.11 Å². The van der Waals surface area contributed by atoms with Crippen molar-refractivity contribution < 1.29 is 5.11 Å². The zero-order chi connectivity index (χ0) is 11.8. The van der Waals surface area contributed by atoms with Crippen molar-refractivity contribution in [1.82, 2.24) is 0 Å². The highest BCUT2D eigenvalue weighted by atomic mass is 16.3. The van der Waals surface area contributed by atoms with E-state index in [4.69, 9.17) is 0 Å². The zero-order valence-corrected chi connectivity index (χ0v) is 10.4. The number of rotatable bonds is 6. The zero-order valence-electron chi connectivity index (χ0n) is 10.4. The summed E-state index contributed by atoms with van der Waals surface area (Å²) in [5, 5.41) is 9.71. The Bertz CT molecular complexity index is 319. The highest BCUT2D eigenvalue weighted by Gasteiger charge is 2.02. The number of phenols is 1. The van der Waals surface area contributed by atoms with E-state index in [0.29, 0.717) is 5.75 Å². The van der Waals surface area contributed by atoms with Gasteiger partial charge in [0.05, 0.1) is 0 Å². The van der Waals surface area contributed by atoms with Crippen molar-refractivity contribution in [2.24, 2.45) is 0 Å². The van der Waals surface area contributed by atoms with Crippen molar-refractivity contribution in [3.63, 3.8) is 0 Å². The molecule has 0 aliphatic carbocycles. The van der Waals surface area contributed by atoms with Gasteiger partial charge in [-0.25, -0.2) is 0 Å². The standard InChI is InChI=1S/C15H22O/c1-3-4-5-6-7-8-11-14-13(2)10-9-12-15(14)16/h5-6,9-10,12,16H,3-4,7-8,11H2,1-2H3.